The van der Waals surface area contributed by atoms with Gasteiger partial charge in [-0.25, -0.2) is 9.59 Å². The molecule has 0 radical (unpaired) electrons. The second kappa shape index (κ2) is 10.8. The van der Waals surface area contributed by atoms with Crippen molar-refractivity contribution in [3.63, 3.8) is 0 Å². The Morgan fingerprint density at radius 3 is 2.44 bits per heavy atom. The second-order valence-corrected chi connectivity index (χ2v) is 3.75. The lowest BCUT2D eigenvalue weighted by Crippen LogP contribution is -2.43. The largest absolute Gasteiger partial charge is 0.479 e. The Bertz CT molecular complexity index is 248. The maximum absolute atomic E-state index is 11.3. The zero-order chi connectivity index (χ0) is 13.8. The minimum absolute atomic E-state index is 0.0542. The van der Waals surface area contributed by atoms with Crippen LogP contribution in [0.2, 0.25) is 0 Å². The van der Waals surface area contributed by atoms with Crippen molar-refractivity contribution < 1.29 is 24.2 Å². The van der Waals surface area contributed by atoms with Gasteiger partial charge in [-0.3, -0.25) is 0 Å². The van der Waals surface area contributed by atoms with Crippen molar-refractivity contribution in [1.29, 1.82) is 0 Å². The summed E-state index contributed by atoms with van der Waals surface area (Å²) in [5.74, 6) is -1.10. The predicted molar refractivity (Wildman–Crippen MR) is 65.6 cm³/mol. The van der Waals surface area contributed by atoms with Gasteiger partial charge in [0.25, 0.3) is 0 Å². The van der Waals surface area contributed by atoms with Gasteiger partial charge in [0, 0.05) is 27.4 Å². The third-order valence-corrected chi connectivity index (χ3v) is 2.32. The molecule has 0 heterocycles. The van der Waals surface area contributed by atoms with Crippen molar-refractivity contribution in [3.8, 4) is 0 Å². The number of unbranched alkanes of at least 4 members (excludes halogenated alkanes) is 2. The zero-order valence-electron chi connectivity index (χ0n) is 10.9. The number of carbonyl (C=O) groups is 2. The average Bonchev–Trinajstić information content (AvgIpc) is 2.34. The molecular formula is C11H22N2O5. The van der Waals surface area contributed by atoms with Crippen LogP contribution in [0.15, 0.2) is 0 Å². The lowest BCUT2D eigenvalue weighted by Gasteiger charge is -2.12. The van der Waals surface area contributed by atoms with E-state index in [9.17, 15) is 9.59 Å². The molecule has 0 aromatic rings. The summed E-state index contributed by atoms with van der Waals surface area (Å²) in [6.07, 6.45) is 1.79. The molecule has 0 saturated carbocycles. The molecule has 1 atom stereocenters. The van der Waals surface area contributed by atoms with Gasteiger partial charge in [-0.1, -0.05) is 0 Å². The summed E-state index contributed by atoms with van der Waals surface area (Å²) in [4.78, 5) is 21.9. The molecule has 7 nitrogen and oxygen atoms in total. The Morgan fingerprint density at radius 2 is 1.89 bits per heavy atom. The van der Waals surface area contributed by atoms with Gasteiger partial charge in [-0.05, 0) is 19.3 Å². The van der Waals surface area contributed by atoms with E-state index in [1.54, 1.807) is 7.11 Å². The maximum atomic E-state index is 11.3. The number of aliphatic carboxylic acids is 1. The molecule has 0 bridgehead atoms. The van der Waals surface area contributed by atoms with Crippen LogP contribution in [0.5, 0.6) is 0 Å². The molecule has 0 rings (SSSR count). The van der Waals surface area contributed by atoms with Crippen molar-refractivity contribution in [1.82, 2.24) is 10.6 Å². The molecule has 0 aliphatic carbocycles. The molecule has 106 valence electrons. The third-order valence-electron chi connectivity index (χ3n) is 2.32. The van der Waals surface area contributed by atoms with Gasteiger partial charge in [-0.15, -0.1) is 0 Å². The summed E-state index contributed by atoms with van der Waals surface area (Å²) in [5.41, 5.74) is 0. The molecule has 7 heteroatoms. The Labute approximate surface area is 107 Å². The fraction of sp³-hybridized carbons (Fsp3) is 0.818. The Kier molecular flexibility index (Phi) is 9.99. The number of urea groups is 1. The second-order valence-electron chi connectivity index (χ2n) is 3.75. The maximum Gasteiger partial charge on any atom is 0.334 e. The van der Waals surface area contributed by atoms with E-state index < -0.39 is 12.1 Å². The molecule has 0 saturated heterocycles. The van der Waals surface area contributed by atoms with Crippen LogP contribution in [-0.2, 0) is 14.3 Å². The van der Waals surface area contributed by atoms with Crippen LogP contribution in [-0.4, -0.2) is 57.1 Å². The Balaban J connectivity index is 3.50. The van der Waals surface area contributed by atoms with Crippen molar-refractivity contribution in [2.75, 3.05) is 33.9 Å². The number of nitrogens with one attached hydrogen (secondary N) is 2. The highest BCUT2D eigenvalue weighted by Gasteiger charge is 2.16. The van der Waals surface area contributed by atoms with E-state index in [0.29, 0.717) is 6.54 Å². The molecule has 0 fully saturated rings. The number of carboxylic acids is 1. The fourth-order valence-electron chi connectivity index (χ4n) is 1.27. The first-order valence-electron chi connectivity index (χ1n) is 5.88. The first-order chi connectivity index (χ1) is 8.61. The van der Waals surface area contributed by atoms with Crippen LogP contribution in [0.4, 0.5) is 4.79 Å². The Morgan fingerprint density at radius 1 is 1.17 bits per heavy atom. The van der Waals surface area contributed by atoms with Crippen LogP contribution in [0.3, 0.4) is 0 Å². The molecular weight excluding hydrogens is 240 g/mol. The molecule has 1 unspecified atom stereocenters. The summed E-state index contributed by atoms with van der Waals surface area (Å²) in [6.45, 7) is 1.22. The van der Waals surface area contributed by atoms with E-state index in [-0.39, 0.29) is 12.6 Å². The van der Waals surface area contributed by atoms with E-state index in [4.69, 9.17) is 9.84 Å². The molecule has 0 spiro atoms. The average molecular weight is 262 g/mol. The number of methoxy groups -OCH3 is 2. The van der Waals surface area contributed by atoms with Crippen LogP contribution in [0.1, 0.15) is 19.3 Å². The highest BCUT2D eigenvalue weighted by Crippen LogP contribution is 1.93. The van der Waals surface area contributed by atoms with E-state index in [1.165, 1.54) is 7.11 Å². The standard InChI is InChI=1S/C11H22N2O5/c1-17-7-5-3-4-6-12-11(16)13-8-9(18-2)10(14)15/h9H,3-8H2,1-2H3,(H,14,15)(H2,12,13,16). The van der Waals surface area contributed by atoms with Gasteiger partial charge in [0.15, 0.2) is 6.10 Å². The molecule has 0 aliphatic rings. The SMILES string of the molecule is COCCCCCNC(=O)NCC(OC)C(=O)O. The van der Waals surface area contributed by atoms with E-state index in [0.717, 1.165) is 25.9 Å². The number of ether oxygens (including phenoxy) is 2. The van der Waals surface area contributed by atoms with Gasteiger partial charge in [0.05, 0.1) is 6.54 Å². The summed E-state index contributed by atoms with van der Waals surface area (Å²) in [6, 6.07) is -0.384. The summed E-state index contributed by atoms with van der Waals surface area (Å²) >= 11 is 0. The first kappa shape index (κ1) is 16.7. The predicted octanol–water partition coefficient (Wildman–Crippen LogP) is 0.202. The molecule has 2 amide bonds. The quantitative estimate of drug-likeness (QED) is 0.489. The minimum atomic E-state index is -1.10. The smallest absolute Gasteiger partial charge is 0.334 e. The van der Waals surface area contributed by atoms with Crippen molar-refractivity contribution in [3.05, 3.63) is 0 Å². The highest BCUT2D eigenvalue weighted by molar-refractivity contribution is 5.76. The number of amides is 2. The third kappa shape index (κ3) is 8.77. The van der Waals surface area contributed by atoms with Crippen LogP contribution < -0.4 is 10.6 Å². The minimum Gasteiger partial charge on any atom is -0.479 e. The van der Waals surface area contributed by atoms with Crippen LogP contribution >= 0.6 is 0 Å². The number of hydrogen-bond donors (Lipinski definition) is 3. The molecule has 3 N–H and O–H groups in total. The monoisotopic (exact) mass is 262 g/mol. The fourth-order valence-corrected chi connectivity index (χ4v) is 1.27. The van der Waals surface area contributed by atoms with Crippen LogP contribution in [0.25, 0.3) is 0 Å². The molecule has 0 aromatic carbocycles. The molecule has 0 aromatic heterocycles. The summed E-state index contributed by atoms with van der Waals surface area (Å²) in [5, 5.41) is 13.7. The molecule has 0 aliphatic heterocycles. The van der Waals surface area contributed by atoms with E-state index in [2.05, 4.69) is 15.4 Å². The van der Waals surface area contributed by atoms with Gasteiger partial charge in [0.2, 0.25) is 0 Å². The first-order valence-corrected chi connectivity index (χ1v) is 5.88. The van der Waals surface area contributed by atoms with Gasteiger partial charge >= 0.3 is 12.0 Å². The number of carboxylic acid groups (broad SMARTS) is 1. The Hall–Kier alpha value is -1.34. The van der Waals surface area contributed by atoms with Crippen molar-refractivity contribution >= 4 is 12.0 Å². The van der Waals surface area contributed by atoms with Gasteiger partial charge in [-0.2, -0.15) is 0 Å². The van der Waals surface area contributed by atoms with Gasteiger partial charge < -0.3 is 25.2 Å². The normalized spacial score (nSPS) is 11.9. The highest BCUT2D eigenvalue weighted by atomic mass is 16.5. The number of carbonyl (C=O) groups excluding carboxylic acids is 1. The van der Waals surface area contributed by atoms with Crippen molar-refractivity contribution in [2.24, 2.45) is 0 Å². The summed E-state index contributed by atoms with van der Waals surface area (Å²) < 4.78 is 9.58. The number of rotatable bonds is 10. The van der Waals surface area contributed by atoms with E-state index in [1.807, 2.05) is 0 Å². The lowest BCUT2D eigenvalue weighted by molar-refractivity contribution is -0.147. The number of hydrogen-bond acceptors (Lipinski definition) is 4. The van der Waals surface area contributed by atoms with Crippen LogP contribution in [0, 0.1) is 0 Å². The van der Waals surface area contributed by atoms with Gasteiger partial charge in [0.1, 0.15) is 0 Å². The lowest BCUT2D eigenvalue weighted by atomic mass is 10.2. The van der Waals surface area contributed by atoms with E-state index >= 15 is 0 Å². The summed E-state index contributed by atoms with van der Waals surface area (Å²) in [7, 11) is 2.94. The molecule has 18 heavy (non-hydrogen) atoms. The topological polar surface area (TPSA) is 96.9 Å². The zero-order valence-corrected chi connectivity index (χ0v) is 10.9. The van der Waals surface area contributed by atoms with Crippen molar-refractivity contribution in [2.45, 2.75) is 25.4 Å².